The minimum absolute atomic E-state index is 0.0787. The number of nitrogens with zero attached hydrogens (tertiary/aromatic N) is 1. The predicted octanol–water partition coefficient (Wildman–Crippen LogP) is 3.35. The van der Waals surface area contributed by atoms with Gasteiger partial charge in [-0.25, -0.2) is 4.39 Å². The van der Waals surface area contributed by atoms with Crippen LogP contribution in [0.2, 0.25) is 5.02 Å². The lowest BCUT2D eigenvalue weighted by molar-refractivity contribution is -0.384. The highest BCUT2D eigenvalue weighted by Crippen LogP contribution is 2.28. The van der Waals surface area contributed by atoms with Crippen molar-refractivity contribution >= 4 is 28.9 Å². The van der Waals surface area contributed by atoms with Crippen molar-refractivity contribution in [1.29, 1.82) is 0 Å². The van der Waals surface area contributed by atoms with E-state index in [2.05, 4.69) is 5.32 Å². The van der Waals surface area contributed by atoms with Crippen molar-refractivity contribution in [3.8, 4) is 5.75 Å². The van der Waals surface area contributed by atoms with Crippen LogP contribution in [-0.4, -0.2) is 15.9 Å². The molecule has 6 nitrogen and oxygen atoms in total. The lowest BCUT2D eigenvalue weighted by Crippen LogP contribution is -2.14. The minimum Gasteiger partial charge on any atom is -0.506 e. The Kier molecular flexibility index (Phi) is 4.04. The Balaban J connectivity index is 2.28. The number of phenols is 1. The smallest absolute Gasteiger partial charge is 0.273 e. The molecule has 0 saturated heterocycles. The predicted molar refractivity (Wildman–Crippen MR) is 74.1 cm³/mol. The Morgan fingerprint density at radius 2 is 2.05 bits per heavy atom. The number of hydrogen-bond acceptors (Lipinski definition) is 4. The summed E-state index contributed by atoms with van der Waals surface area (Å²) in [5, 5.41) is 22.2. The molecule has 21 heavy (non-hydrogen) atoms. The van der Waals surface area contributed by atoms with E-state index in [9.17, 15) is 24.4 Å². The lowest BCUT2D eigenvalue weighted by atomic mass is 10.2. The molecule has 0 radical (unpaired) electrons. The Bertz CT molecular complexity index is 736. The first kappa shape index (κ1) is 14.7. The van der Waals surface area contributed by atoms with Crippen LogP contribution < -0.4 is 5.32 Å². The van der Waals surface area contributed by atoms with Crippen LogP contribution in [0.5, 0.6) is 5.75 Å². The number of nitro benzene ring substituents is 1. The van der Waals surface area contributed by atoms with Crippen molar-refractivity contribution in [3.05, 3.63) is 62.9 Å². The number of benzene rings is 2. The standard InChI is InChI=1S/C13H8ClFN2O4/c14-9-3-1-2-8(12(9)15)13(19)16-10-5-4-7(17(20)21)6-11(10)18/h1-6,18H,(H,16,19). The summed E-state index contributed by atoms with van der Waals surface area (Å²) in [7, 11) is 0. The number of hydrogen-bond donors (Lipinski definition) is 2. The van der Waals surface area contributed by atoms with Gasteiger partial charge in [-0.05, 0) is 18.2 Å². The second kappa shape index (κ2) is 5.76. The van der Waals surface area contributed by atoms with Gasteiger partial charge in [0.2, 0.25) is 0 Å². The Morgan fingerprint density at radius 1 is 1.33 bits per heavy atom. The number of carbonyl (C=O) groups excluding carboxylic acids is 1. The summed E-state index contributed by atoms with van der Waals surface area (Å²) in [5.74, 6) is -2.22. The van der Waals surface area contributed by atoms with Crippen molar-refractivity contribution in [2.24, 2.45) is 0 Å². The minimum atomic E-state index is -0.891. The second-order valence-electron chi connectivity index (χ2n) is 4.01. The summed E-state index contributed by atoms with van der Waals surface area (Å²) in [6, 6.07) is 7.04. The molecule has 8 heteroatoms. The molecule has 0 aliphatic carbocycles. The van der Waals surface area contributed by atoms with E-state index in [0.29, 0.717) is 0 Å². The average molecular weight is 311 g/mol. The van der Waals surface area contributed by atoms with E-state index in [1.165, 1.54) is 18.2 Å². The first-order valence-corrected chi connectivity index (χ1v) is 6.00. The maximum Gasteiger partial charge on any atom is 0.273 e. The Hall–Kier alpha value is -2.67. The molecule has 2 N–H and O–H groups in total. The number of anilines is 1. The highest BCUT2D eigenvalue weighted by Gasteiger charge is 2.17. The number of carbonyl (C=O) groups is 1. The fourth-order valence-electron chi connectivity index (χ4n) is 1.61. The van der Waals surface area contributed by atoms with Crippen molar-refractivity contribution < 1.29 is 19.2 Å². The van der Waals surface area contributed by atoms with Gasteiger partial charge in [-0.15, -0.1) is 0 Å². The number of rotatable bonds is 3. The normalized spacial score (nSPS) is 10.2. The number of halogens is 2. The zero-order chi connectivity index (χ0) is 15.6. The quantitative estimate of drug-likeness (QED) is 0.516. The summed E-state index contributed by atoms with van der Waals surface area (Å²) in [4.78, 5) is 21.7. The number of nitrogens with one attached hydrogen (secondary N) is 1. The summed E-state index contributed by atoms with van der Waals surface area (Å²) < 4.78 is 13.7. The molecule has 0 spiro atoms. The Labute approximate surface area is 122 Å². The van der Waals surface area contributed by atoms with Crippen LogP contribution in [0.15, 0.2) is 36.4 Å². The Morgan fingerprint density at radius 3 is 2.67 bits per heavy atom. The van der Waals surface area contributed by atoms with E-state index in [1.54, 1.807) is 0 Å². The molecule has 1 amide bonds. The first-order valence-electron chi connectivity index (χ1n) is 5.63. The van der Waals surface area contributed by atoms with Gasteiger partial charge in [0, 0.05) is 6.07 Å². The van der Waals surface area contributed by atoms with Gasteiger partial charge < -0.3 is 10.4 Å². The largest absolute Gasteiger partial charge is 0.506 e. The number of non-ortho nitro benzene ring substituents is 1. The maximum atomic E-state index is 13.7. The third-order valence-electron chi connectivity index (χ3n) is 2.64. The zero-order valence-corrected chi connectivity index (χ0v) is 11.1. The van der Waals surface area contributed by atoms with Gasteiger partial charge in [-0.3, -0.25) is 14.9 Å². The van der Waals surface area contributed by atoms with Gasteiger partial charge in [0.05, 0.1) is 27.3 Å². The van der Waals surface area contributed by atoms with E-state index in [1.807, 2.05) is 0 Å². The fourth-order valence-corrected chi connectivity index (χ4v) is 1.78. The van der Waals surface area contributed by atoms with Crippen LogP contribution in [-0.2, 0) is 0 Å². The summed E-state index contributed by atoms with van der Waals surface area (Å²) >= 11 is 5.57. The zero-order valence-electron chi connectivity index (χ0n) is 10.3. The molecule has 0 unspecified atom stereocenters. The van der Waals surface area contributed by atoms with Crippen molar-refractivity contribution in [2.75, 3.05) is 5.32 Å². The van der Waals surface area contributed by atoms with Gasteiger partial charge >= 0.3 is 0 Å². The molecule has 0 aliphatic rings. The monoisotopic (exact) mass is 310 g/mol. The highest BCUT2D eigenvalue weighted by molar-refractivity contribution is 6.31. The number of phenolic OH excluding ortho intramolecular Hbond substituents is 1. The molecule has 108 valence electrons. The number of aromatic hydroxyl groups is 1. The molecule has 0 saturated carbocycles. The molecule has 0 aromatic heterocycles. The molecule has 2 aromatic rings. The van der Waals surface area contributed by atoms with Crippen LogP contribution in [0.3, 0.4) is 0 Å². The SMILES string of the molecule is O=C(Nc1ccc([N+](=O)[O-])cc1O)c1cccc(Cl)c1F. The van der Waals surface area contributed by atoms with E-state index < -0.39 is 22.4 Å². The van der Waals surface area contributed by atoms with Gasteiger partial charge in [-0.1, -0.05) is 17.7 Å². The maximum absolute atomic E-state index is 13.7. The molecule has 2 rings (SSSR count). The van der Waals surface area contributed by atoms with E-state index in [4.69, 9.17) is 11.6 Å². The third kappa shape index (κ3) is 3.09. The van der Waals surface area contributed by atoms with Crippen LogP contribution in [0.1, 0.15) is 10.4 Å². The van der Waals surface area contributed by atoms with Crippen molar-refractivity contribution in [3.63, 3.8) is 0 Å². The summed E-state index contributed by atoms with van der Waals surface area (Å²) in [6.45, 7) is 0. The van der Waals surface area contributed by atoms with E-state index >= 15 is 0 Å². The van der Waals surface area contributed by atoms with Crippen molar-refractivity contribution in [1.82, 2.24) is 0 Å². The molecule has 0 heterocycles. The summed E-state index contributed by atoms with van der Waals surface area (Å²) in [6.07, 6.45) is 0. The summed E-state index contributed by atoms with van der Waals surface area (Å²) in [5.41, 5.74) is -0.718. The van der Waals surface area contributed by atoms with Gasteiger partial charge in [0.15, 0.2) is 5.82 Å². The topological polar surface area (TPSA) is 92.5 Å². The van der Waals surface area contributed by atoms with Gasteiger partial charge in [0.25, 0.3) is 11.6 Å². The van der Waals surface area contributed by atoms with Crippen molar-refractivity contribution in [2.45, 2.75) is 0 Å². The number of nitro groups is 1. The molecular weight excluding hydrogens is 303 g/mol. The van der Waals surface area contributed by atoms with Gasteiger partial charge in [0.1, 0.15) is 5.75 Å². The third-order valence-corrected chi connectivity index (χ3v) is 2.93. The van der Waals surface area contributed by atoms with Crippen LogP contribution in [0, 0.1) is 15.9 Å². The number of amides is 1. The molecule has 0 fully saturated rings. The fraction of sp³-hybridized carbons (Fsp3) is 0. The van der Waals surface area contributed by atoms with E-state index in [-0.39, 0.29) is 22.0 Å². The molecule has 0 aliphatic heterocycles. The molecule has 2 aromatic carbocycles. The van der Waals surface area contributed by atoms with E-state index in [0.717, 1.165) is 18.2 Å². The second-order valence-corrected chi connectivity index (χ2v) is 4.42. The average Bonchev–Trinajstić information content (AvgIpc) is 2.43. The van der Waals surface area contributed by atoms with Crippen LogP contribution in [0.25, 0.3) is 0 Å². The highest BCUT2D eigenvalue weighted by atomic mass is 35.5. The lowest BCUT2D eigenvalue weighted by Gasteiger charge is -2.08. The van der Waals surface area contributed by atoms with Crippen LogP contribution >= 0.6 is 11.6 Å². The molecule has 0 atom stereocenters. The first-order chi connectivity index (χ1) is 9.90. The molecular formula is C13H8ClFN2O4. The molecule has 0 bridgehead atoms. The van der Waals surface area contributed by atoms with Crippen LogP contribution in [0.4, 0.5) is 15.8 Å². The van der Waals surface area contributed by atoms with Gasteiger partial charge in [-0.2, -0.15) is 0 Å².